The molecule has 0 saturated heterocycles. The number of nitrogens with zero attached hydrogens (tertiary/aromatic N) is 2. The van der Waals surface area contributed by atoms with Crippen LogP contribution in [-0.2, 0) is 0 Å². The summed E-state index contributed by atoms with van der Waals surface area (Å²) in [4.78, 5) is 1.59. The van der Waals surface area contributed by atoms with Crippen molar-refractivity contribution in [3.05, 3.63) is 51.4 Å². The van der Waals surface area contributed by atoms with Crippen molar-refractivity contribution in [3.8, 4) is 0 Å². The fourth-order valence-corrected chi connectivity index (χ4v) is 2.18. The van der Waals surface area contributed by atoms with E-state index in [0.29, 0.717) is 15.9 Å². The minimum atomic E-state index is 0.405. The highest BCUT2D eigenvalue weighted by molar-refractivity contribution is 7.10. The molecule has 0 spiro atoms. The molecule has 0 aliphatic carbocycles. The Morgan fingerprint density at radius 3 is 3.06 bits per heavy atom. The lowest BCUT2D eigenvalue weighted by Gasteiger charge is -1.90. The molecule has 0 amide bonds. The van der Waals surface area contributed by atoms with Gasteiger partial charge in [-0.1, -0.05) is 18.2 Å². The predicted molar refractivity (Wildman–Crippen MR) is 66.2 cm³/mol. The second-order valence-corrected chi connectivity index (χ2v) is 4.51. The van der Waals surface area contributed by atoms with Crippen LogP contribution in [0.5, 0.6) is 0 Å². The van der Waals surface area contributed by atoms with Crippen molar-refractivity contribution < 1.29 is 9.53 Å². The highest BCUT2D eigenvalue weighted by Gasteiger charge is 2.07. The summed E-state index contributed by atoms with van der Waals surface area (Å²) < 4.78 is 4.51. The van der Waals surface area contributed by atoms with Crippen LogP contribution in [0.15, 0.2) is 40.3 Å². The minimum Gasteiger partial charge on any atom is -0.359 e. The van der Waals surface area contributed by atoms with E-state index in [1.165, 1.54) is 4.88 Å². The smallest absolute Gasteiger partial charge is 0.249 e. The number of benzene rings is 1. The molecule has 3 rings (SSSR count). The van der Waals surface area contributed by atoms with Gasteiger partial charge in [0.25, 0.3) is 0 Å². The molecule has 0 saturated carbocycles. The molecule has 0 N–H and O–H groups in total. The molecule has 1 aromatic carbocycles. The standard InChI is InChI=1S/C12H8N2O2S/c15-14-12-6-4-9(8-11(12)13-16-14)3-5-10-2-1-7-17-10/h1-8H/b5-3+. The van der Waals surface area contributed by atoms with Gasteiger partial charge in [0, 0.05) is 16.1 Å². The van der Waals surface area contributed by atoms with Gasteiger partial charge in [-0.05, 0) is 34.1 Å². The molecule has 3 aromatic rings. The van der Waals surface area contributed by atoms with Gasteiger partial charge in [0.2, 0.25) is 11.0 Å². The number of hydrogen-bond acceptors (Lipinski definition) is 4. The van der Waals surface area contributed by atoms with Gasteiger partial charge in [-0.25, -0.2) is 0 Å². The Balaban J connectivity index is 1.96. The first-order chi connectivity index (χ1) is 8.33. The monoisotopic (exact) mass is 244 g/mol. The van der Waals surface area contributed by atoms with Crippen molar-refractivity contribution in [3.63, 3.8) is 0 Å². The summed E-state index contributed by atoms with van der Waals surface area (Å²) in [6.45, 7) is 0. The molecule has 4 nitrogen and oxygen atoms in total. The average molecular weight is 244 g/mol. The first kappa shape index (κ1) is 10.0. The molecule has 5 heteroatoms. The van der Waals surface area contributed by atoms with E-state index in [1.54, 1.807) is 17.4 Å². The van der Waals surface area contributed by atoms with Gasteiger partial charge in [0.15, 0.2) is 0 Å². The summed E-state index contributed by atoms with van der Waals surface area (Å²) in [6.07, 6.45) is 4.01. The molecule has 0 aliphatic rings. The number of rotatable bonds is 2. The van der Waals surface area contributed by atoms with Crippen molar-refractivity contribution in [2.75, 3.05) is 0 Å². The zero-order chi connectivity index (χ0) is 11.7. The summed E-state index contributed by atoms with van der Waals surface area (Å²) >= 11 is 1.67. The molecular weight excluding hydrogens is 236 g/mol. The largest absolute Gasteiger partial charge is 0.359 e. The molecule has 0 bridgehead atoms. The molecule has 0 radical (unpaired) electrons. The fraction of sp³-hybridized carbons (Fsp3) is 0. The lowest BCUT2D eigenvalue weighted by Crippen LogP contribution is -2.22. The molecule has 84 valence electrons. The maximum Gasteiger partial charge on any atom is 0.249 e. The lowest BCUT2D eigenvalue weighted by atomic mass is 10.2. The second-order valence-electron chi connectivity index (χ2n) is 3.53. The van der Waals surface area contributed by atoms with Gasteiger partial charge in [-0.15, -0.1) is 11.3 Å². The first-order valence-corrected chi connectivity index (χ1v) is 5.92. The molecule has 0 fully saturated rings. The van der Waals surface area contributed by atoms with Crippen molar-refractivity contribution >= 4 is 34.5 Å². The van der Waals surface area contributed by atoms with E-state index in [0.717, 1.165) is 5.56 Å². The van der Waals surface area contributed by atoms with Gasteiger partial charge in [-0.3, -0.25) is 4.63 Å². The fourth-order valence-electron chi connectivity index (χ4n) is 1.56. The van der Waals surface area contributed by atoms with Crippen LogP contribution in [0.25, 0.3) is 23.2 Å². The normalized spacial score (nSPS) is 11.5. The van der Waals surface area contributed by atoms with E-state index in [4.69, 9.17) is 0 Å². The van der Waals surface area contributed by atoms with E-state index >= 15 is 0 Å². The molecule has 0 atom stereocenters. The minimum absolute atomic E-state index is 0.405. The van der Waals surface area contributed by atoms with E-state index in [9.17, 15) is 5.21 Å². The van der Waals surface area contributed by atoms with E-state index < -0.39 is 0 Å². The summed E-state index contributed by atoms with van der Waals surface area (Å²) in [7, 11) is 0. The Hall–Kier alpha value is -2.14. The Morgan fingerprint density at radius 2 is 2.24 bits per heavy atom. The maximum absolute atomic E-state index is 11.1. The number of hydrogen-bond donors (Lipinski definition) is 0. The van der Waals surface area contributed by atoms with Crippen LogP contribution in [0.3, 0.4) is 0 Å². The summed E-state index contributed by atoms with van der Waals surface area (Å²) in [5.41, 5.74) is 1.99. The number of fused-ring (bicyclic) bond motifs is 1. The van der Waals surface area contributed by atoms with Crippen molar-refractivity contribution in [1.82, 2.24) is 5.16 Å². The zero-order valence-electron chi connectivity index (χ0n) is 8.74. The summed E-state index contributed by atoms with van der Waals surface area (Å²) in [6, 6.07) is 9.43. The Labute approximate surface area is 101 Å². The lowest BCUT2D eigenvalue weighted by molar-refractivity contribution is -0.782. The van der Waals surface area contributed by atoms with Crippen molar-refractivity contribution in [1.29, 1.82) is 0 Å². The summed E-state index contributed by atoms with van der Waals surface area (Å²) in [5, 5.41) is 16.8. The van der Waals surface area contributed by atoms with Crippen molar-refractivity contribution in [2.24, 2.45) is 0 Å². The zero-order valence-corrected chi connectivity index (χ0v) is 9.55. The number of aromatic nitrogens is 2. The molecule has 2 aromatic heterocycles. The Kier molecular flexibility index (Phi) is 2.38. The topological polar surface area (TPSA) is 53.0 Å². The molecule has 0 unspecified atom stereocenters. The van der Waals surface area contributed by atoms with Crippen LogP contribution in [0.4, 0.5) is 0 Å². The summed E-state index contributed by atoms with van der Waals surface area (Å²) in [5.74, 6) is 0. The average Bonchev–Trinajstić information content (AvgIpc) is 2.97. The van der Waals surface area contributed by atoms with Crippen LogP contribution < -0.4 is 4.90 Å². The highest BCUT2D eigenvalue weighted by atomic mass is 32.1. The maximum atomic E-state index is 11.1. The Bertz CT molecular complexity index is 671. The molecule has 0 aliphatic heterocycles. The van der Waals surface area contributed by atoms with Gasteiger partial charge in [0.1, 0.15) is 0 Å². The quantitative estimate of drug-likeness (QED) is 0.651. The predicted octanol–water partition coefficient (Wildman–Crippen LogP) is 2.69. The molecule has 2 heterocycles. The molecule has 17 heavy (non-hydrogen) atoms. The van der Waals surface area contributed by atoms with Gasteiger partial charge in [-0.2, -0.15) is 0 Å². The first-order valence-electron chi connectivity index (χ1n) is 5.04. The SMILES string of the molecule is [O-][n+]1onc2cc(/C=C/c3cccs3)ccc21. The van der Waals surface area contributed by atoms with Crippen molar-refractivity contribution in [2.45, 2.75) is 0 Å². The molecular formula is C12H8N2O2S. The number of thiophene rings is 1. The van der Waals surface area contributed by atoms with Crippen LogP contribution in [0.2, 0.25) is 0 Å². The van der Waals surface area contributed by atoms with Gasteiger partial charge < -0.3 is 5.21 Å². The van der Waals surface area contributed by atoms with E-state index in [1.807, 2.05) is 41.8 Å². The van der Waals surface area contributed by atoms with E-state index in [2.05, 4.69) is 9.79 Å². The van der Waals surface area contributed by atoms with Crippen LogP contribution in [0.1, 0.15) is 10.4 Å². The van der Waals surface area contributed by atoms with Crippen LogP contribution >= 0.6 is 11.3 Å². The third-order valence-corrected chi connectivity index (χ3v) is 3.23. The van der Waals surface area contributed by atoms with Crippen LogP contribution in [0, 0.1) is 5.21 Å². The third kappa shape index (κ3) is 1.92. The van der Waals surface area contributed by atoms with Gasteiger partial charge >= 0.3 is 0 Å². The highest BCUT2D eigenvalue weighted by Crippen LogP contribution is 2.15. The van der Waals surface area contributed by atoms with Crippen LogP contribution in [-0.4, -0.2) is 5.16 Å². The van der Waals surface area contributed by atoms with E-state index in [-0.39, 0.29) is 0 Å². The van der Waals surface area contributed by atoms with Gasteiger partial charge in [0.05, 0.1) is 0 Å². The third-order valence-electron chi connectivity index (χ3n) is 2.39. The second kappa shape index (κ2) is 4.03. The Morgan fingerprint density at radius 1 is 1.29 bits per heavy atom.